The van der Waals surface area contributed by atoms with Gasteiger partial charge in [-0.1, -0.05) is 0 Å². The number of hydrogen-bond acceptors (Lipinski definition) is 4. The molecule has 0 unspecified atom stereocenters. The van der Waals surface area contributed by atoms with Crippen LogP contribution in [0.15, 0.2) is 76.2 Å². The Hall–Kier alpha value is -2.17. The van der Waals surface area contributed by atoms with Gasteiger partial charge in [0.05, 0.1) is 17.7 Å². The predicted octanol–water partition coefficient (Wildman–Crippen LogP) is 3.62. The highest BCUT2D eigenvalue weighted by atomic mass is 127. The smallest absolute Gasteiger partial charge is 0.255 e. The standard InChI is InChI=1S/C18H15IN2O4S/c19-14-5-7-15(8-6-14)21-18(22)13-3-9-17(10-4-13)26(23,24)20-12-16-2-1-11-25-16/h1-11,20H,12H2,(H,21,22). The van der Waals surface area contributed by atoms with E-state index in [1.165, 1.54) is 30.5 Å². The third-order valence-corrected chi connectivity index (χ3v) is 5.68. The summed E-state index contributed by atoms with van der Waals surface area (Å²) in [4.78, 5) is 12.3. The number of anilines is 1. The van der Waals surface area contributed by atoms with Crippen LogP contribution in [0, 0.1) is 3.57 Å². The number of furan rings is 1. The van der Waals surface area contributed by atoms with E-state index < -0.39 is 10.0 Å². The van der Waals surface area contributed by atoms with E-state index in [1.807, 2.05) is 12.1 Å². The quantitative estimate of drug-likeness (QED) is 0.526. The highest BCUT2D eigenvalue weighted by Crippen LogP contribution is 2.15. The first-order chi connectivity index (χ1) is 12.4. The lowest BCUT2D eigenvalue weighted by Crippen LogP contribution is -2.23. The van der Waals surface area contributed by atoms with Crippen molar-refractivity contribution in [3.8, 4) is 0 Å². The van der Waals surface area contributed by atoms with Gasteiger partial charge in [0.2, 0.25) is 10.0 Å². The molecule has 0 saturated heterocycles. The van der Waals surface area contributed by atoms with E-state index in [1.54, 1.807) is 24.3 Å². The zero-order chi connectivity index (χ0) is 18.6. The lowest BCUT2D eigenvalue weighted by Gasteiger charge is -2.08. The molecule has 1 aromatic heterocycles. The van der Waals surface area contributed by atoms with Gasteiger partial charge in [0.15, 0.2) is 0 Å². The van der Waals surface area contributed by atoms with Gasteiger partial charge in [-0.25, -0.2) is 13.1 Å². The van der Waals surface area contributed by atoms with Crippen LogP contribution in [-0.4, -0.2) is 14.3 Å². The van der Waals surface area contributed by atoms with E-state index in [4.69, 9.17) is 4.42 Å². The van der Waals surface area contributed by atoms with Gasteiger partial charge in [0, 0.05) is 14.8 Å². The largest absolute Gasteiger partial charge is 0.468 e. The minimum Gasteiger partial charge on any atom is -0.468 e. The summed E-state index contributed by atoms with van der Waals surface area (Å²) in [5.74, 6) is 0.209. The Kier molecular flexibility index (Phi) is 5.74. The van der Waals surface area contributed by atoms with Crippen LogP contribution in [0.4, 0.5) is 5.69 Å². The van der Waals surface area contributed by atoms with E-state index >= 15 is 0 Å². The second kappa shape index (κ2) is 8.02. The van der Waals surface area contributed by atoms with Gasteiger partial charge >= 0.3 is 0 Å². The fourth-order valence-corrected chi connectivity index (χ4v) is 3.54. The van der Waals surface area contributed by atoms with E-state index in [2.05, 4.69) is 32.6 Å². The molecule has 0 bridgehead atoms. The average molecular weight is 482 g/mol. The summed E-state index contributed by atoms with van der Waals surface area (Å²) >= 11 is 2.18. The van der Waals surface area contributed by atoms with E-state index in [9.17, 15) is 13.2 Å². The van der Waals surface area contributed by atoms with Crippen molar-refractivity contribution in [2.75, 3.05) is 5.32 Å². The Morgan fingerprint density at radius 1 is 1.00 bits per heavy atom. The predicted molar refractivity (Wildman–Crippen MR) is 106 cm³/mol. The summed E-state index contributed by atoms with van der Waals surface area (Å²) in [5.41, 5.74) is 1.04. The Morgan fingerprint density at radius 2 is 1.69 bits per heavy atom. The first-order valence-electron chi connectivity index (χ1n) is 7.63. The van der Waals surface area contributed by atoms with Crippen molar-refractivity contribution >= 4 is 44.2 Å². The van der Waals surface area contributed by atoms with Crippen molar-refractivity contribution in [1.82, 2.24) is 4.72 Å². The van der Waals surface area contributed by atoms with Gasteiger partial charge in [0.1, 0.15) is 5.76 Å². The first-order valence-corrected chi connectivity index (χ1v) is 10.2. The first kappa shape index (κ1) is 18.6. The minimum absolute atomic E-state index is 0.0599. The summed E-state index contributed by atoms with van der Waals surface area (Å²) in [7, 11) is -3.69. The molecule has 0 atom stereocenters. The normalized spacial score (nSPS) is 11.3. The molecule has 3 rings (SSSR count). The second-order valence-corrected chi connectivity index (χ2v) is 8.40. The zero-order valence-corrected chi connectivity index (χ0v) is 16.5. The molecule has 6 nitrogen and oxygen atoms in total. The summed E-state index contributed by atoms with van der Waals surface area (Å²) in [6.45, 7) is 0.0599. The van der Waals surface area contributed by atoms with E-state index in [0.29, 0.717) is 17.0 Å². The van der Waals surface area contributed by atoms with Crippen LogP contribution in [0.2, 0.25) is 0 Å². The molecule has 0 spiro atoms. The summed E-state index contributed by atoms with van der Waals surface area (Å²) in [6.07, 6.45) is 1.48. The molecule has 0 aliphatic rings. The van der Waals surface area contributed by atoms with Crippen molar-refractivity contribution in [3.63, 3.8) is 0 Å². The molecule has 0 fully saturated rings. The maximum Gasteiger partial charge on any atom is 0.255 e. The summed E-state index contributed by atoms with van der Waals surface area (Å²) < 4.78 is 33.2. The van der Waals surface area contributed by atoms with E-state index in [0.717, 1.165) is 3.57 Å². The van der Waals surface area contributed by atoms with Crippen LogP contribution < -0.4 is 10.0 Å². The van der Waals surface area contributed by atoms with Gasteiger partial charge in [-0.3, -0.25) is 4.79 Å². The van der Waals surface area contributed by atoms with Crippen LogP contribution in [-0.2, 0) is 16.6 Å². The van der Waals surface area contributed by atoms with Gasteiger partial charge in [-0.15, -0.1) is 0 Å². The molecule has 0 radical (unpaired) electrons. The maximum atomic E-state index is 12.3. The molecule has 2 N–H and O–H groups in total. The Bertz CT molecular complexity index is 983. The number of carbonyl (C=O) groups is 1. The van der Waals surface area contributed by atoms with Crippen LogP contribution in [0.1, 0.15) is 16.1 Å². The third kappa shape index (κ3) is 4.71. The number of nitrogens with one attached hydrogen (secondary N) is 2. The Morgan fingerprint density at radius 3 is 2.31 bits per heavy atom. The topological polar surface area (TPSA) is 88.4 Å². The highest BCUT2D eigenvalue weighted by Gasteiger charge is 2.15. The summed E-state index contributed by atoms with van der Waals surface area (Å²) in [6, 6.07) is 16.5. The number of hydrogen-bond donors (Lipinski definition) is 2. The fraction of sp³-hybridized carbons (Fsp3) is 0.0556. The maximum absolute atomic E-state index is 12.3. The van der Waals surface area contributed by atoms with Crippen molar-refractivity contribution in [3.05, 3.63) is 81.8 Å². The van der Waals surface area contributed by atoms with Gasteiger partial charge in [-0.2, -0.15) is 0 Å². The van der Waals surface area contributed by atoms with Gasteiger partial charge in [0.25, 0.3) is 5.91 Å². The van der Waals surface area contributed by atoms with Crippen LogP contribution in [0.5, 0.6) is 0 Å². The molecule has 26 heavy (non-hydrogen) atoms. The molecule has 3 aromatic rings. The number of halogens is 1. The highest BCUT2D eigenvalue weighted by molar-refractivity contribution is 14.1. The monoisotopic (exact) mass is 482 g/mol. The number of amides is 1. The Balaban J connectivity index is 1.67. The number of carbonyl (C=O) groups excluding carboxylic acids is 1. The number of sulfonamides is 1. The van der Waals surface area contributed by atoms with E-state index in [-0.39, 0.29) is 17.3 Å². The van der Waals surface area contributed by atoms with Crippen molar-refractivity contribution in [2.45, 2.75) is 11.4 Å². The SMILES string of the molecule is O=C(Nc1ccc(I)cc1)c1ccc(S(=O)(=O)NCc2ccco2)cc1. The van der Waals surface area contributed by atoms with Crippen molar-refractivity contribution in [2.24, 2.45) is 0 Å². The molecule has 134 valence electrons. The molecule has 0 saturated carbocycles. The number of rotatable bonds is 6. The lowest BCUT2D eigenvalue weighted by molar-refractivity contribution is 0.102. The second-order valence-electron chi connectivity index (χ2n) is 5.39. The summed E-state index contributed by atoms with van der Waals surface area (Å²) in [5, 5.41) is 2.77. The molecular formula is C18H15IN2O4S. The van der Waals surface area contributed by atoms with Crippen LogP contribution in [0.3, 0.4) is 0 Å². The number of benzene rings is 2. The molecule has 0 aliphatic heterocycles. The molecule has 0 aliphatic carbocycles. The molecule has 8 heteroatoms. The fourth-order valence-electron chi connectivity index (χ4n) is 2.18. The van der Waals surface area contributed by atoms with Crippen LogP contribution >= 0.6 is 22.6 Å². The average Bonchev–Trinajstić information content (AvgIpc) is 3.16. The third-order valence-electron chi connectivity index (χ3n) is 3.55. The van der Waals surface area contributed by atoms with Crippen LogP contribution in [0.25, 0.3) is 0 Å². The molecule has 1 heterocycles. The molecule has 2 aromatic carbocycles. The molecular weight excluding hydrogens is 467 g/mol. The lowest BCUT2D eigenvalue weighted by atomic mass is 10.2. The van der Waals surface area contributed by atoms with Crippen molar-refractivity contribution < 1.29 is 17.6 Å². The van der Waals surface area contributed by atoms with Gasteiger partial charge < -0.3 is 9.73 Å². The van der Waals surface area contributed by atoms with Gasteiger partial charge in [-0.05, 0) is 83.3 Å². The van der Waals surface area contributed by atoms with Crippen molar-refractivity contribution in [1.29, 1.82) is 0 Å². The minimum atomic E-state index is -3.69. The molecule has 1 amide bonds. The zero-order valence-electron chi connectivity index (χ0n) is 13.5. The Labute approximate surface area is 164 Å².